The second-order valence-electron chi connectivity index (χ2n) is 4.49. The highest BCUT2D eigenvalue weighted by Crippen LogP contribution is 2.29. The molecule has 1 rings (SSSR count). The van der Waals surface area contributed by atoms with Crippen LogP contribution < -0.4 is 0 Å². The molecule has 0 fully saturated rings. The van der Waals surface area contributed by atoms with Gasteiger partial charge in [0.25, 0.3) is 0 Å². The maximum absolute atomic E-state index is 11.1. The van der Waals surface area contributed by atoms with Gasteiger partial charge >= 0.3 is 0 Å². The van der Waals surface area contributed by atoms with Gasteiger partial charge < -0.3 is 4.79 Å². The van der Waals surface area contributed by atoms with Gasteiger partial charge in [0.05, 0.1) is 5.92 Å². The Kier molecular flexibility index (Phi) is 4.82. The van der Waals surface area contributed by atoms with Crippen molar-refractivity contribution < 1.29 is 9.72 Å². The Hall–Kier alpha value is -1.71. The van der Waals surface area contributed by atoms with E-state index in [1.807, 2.05) is 44.2 Å². The van der Waals surface area contributed by atoms with E-state index in [1.54, 1.807) is 0 Å². The van der Waals surface area contributed by atoms with E-state index >= 15 is 0 Å². The van der Waals surface area contributed by atoms with E-state index in [1.165, 1.54) is 0 Å². The second kappa shape index (κ2) is 6.13. The number of rotatable bonds is 6. The molecule has 0 aromatic heterocycles. The van der Waals surface area contributed by atoms with E-state index < -0.39 is 0 Å². The smallest absolute Gasteiger partial charge is 0.211 e. The number of nitrogens with zero attached hydrogens (tertiary/aromatic N) is 1. The van der Waals surface area contributed by atoms with Crippen molar-refractivity contribution in [1.29, 1.82) is 0 Å². The molecule has 4 heteroatoms. The molecule has 4 nitrogen and oxygen atoms in total. The van der Waals surface area contributed by atoms with Crippen LogP contribution in [0.5, 0.6) is 0 Å². The van der Waals surface area contributed by atoms with Gasteiger partial charge in [0.15, 0.2) is 0 Å². The van der Waals surface area contributed by atoms with Crippen LogP contribution in [0, 0.1) is 22.0 Å². The zero-order chi connectivity index (χ0) is 12.8. The van der Waals surface area contributed by atoms with E-state index in [9.17, 15) is 14.9 Å². The Morgan fingerprint density at radius 2 is 1.88 bits per heavy atom. The zero-order valence-electron chi connectivity index (χ0n) is 10.1. The molecule has 0 saturated carbocycles. The minimum absolute atomic E-state index is 0.0951. The summed E-state index contributed by atoms with van der Waals surface area (Å²) in [5, 5.41) is 10.7. The van der Waals surface area contributed by atoms with Crippen molar-refractivity contribution in [2.75, 3.05) is 6.54 Å². The summed E-state index contributed by atoms with van der Waals surface area (Å²) in [7, 11) is 0. The van der Waals surface area contributed by atoms with Crippen LogP contribution in [-0.4, -0.2) is 17.8 Å². The average molecular weight is 235 g/mol. The molecule has 0 heterocycles. The third kappa shape index (κ3) is 3.66. The molecular formula is C13H17NO3. The molecule has 0 aliphatic heterocycles. The van der Waals surface area contributed by atoms with E-state index in [4.69, 9.17) is 0 Å². The predicted octanol–water partition coefficient (Wildman–Crippen LogP) is 2.52. The highest BCUT2D eigenvalue weighted by molar-refractivity contribution is 5.56. The Bertz CT molecular complexity index is 376. The Morgan fingerprint density at radius 3 is 2.29 bits per heavy atom. The number of aldehydes is 1. The lowest BCUT2D eigenvalue weighted by Crippen LogP contribution is -2.26. The predicted molar refractivity (Wildman–Crippen MR) is 65.4 cm³/mol. The Balaban J connectivity index is 3.02. The highest BCUT2D eigenvalue weighted by Gasteiger charge is 2.29. The minimum atomic E-state index is -0.351. The third-order valence-electron chi connectivity index (χ3n) is 2.97. The van der Waals surface area contributed by atoms with Gasteiger partial charge in [0, 0.05) is 10.8 Å². The quantitative estimate of drug-likeness (QED) is 0.432. The zero-order valence-corrected chi connectivity index (χ0v) is 10.1. The molecule has 2 atom stereocenters. The molecule has 1 aromatic carbocycles. The fourth-order valence-electron chi connectivity index (χ4n) is 2.03. The molecule has 0 bridgehead atoms. The summed E-state index contributed by atoms with van der Waals surface area (Å²) in [5.74, 6) is -0.566. The SMILES string of the molecule is CC(C)[C@H](C=O)C(C[N+](=O)[O-])c1ccccc1. The molecule has 0 radical (unpaired) electrons. The number of benzene rings is 1. The Morgan fingerprint density at radius 1 is 1.29 bits per heavy atom. The Labute approximate surface area is 101 Å². The maximum Gasteiger partial charge on any atom is 0.211 e. The summed E-state index contributed by atoms with van der Waals surface area (Å²) >= 11 is 0. The van der Waals surface area contributed by atoms with Gasteiger partial charge in [-0.1, -0.05) is 44.2 Å². The van der Waals surface area contributed by atoms with Crippen LogP contribution in [0.25, 0.3) is 0 Å². The lowest BCUT2D eigenvalue weighted by molar-refractivity contribution is -0.484. The van der Waals surface area contributed by atoms with Crippen LogP contribution in [0.1, 0.15) is 25.3 Å². The van der Waals surface area contributed by atoms with Crippen molar-refractivity contribution in [3.8, 4) is 0 Å². The van der Waals surface area contributed by atoms with Crippen molar-refractivity contribution in [3.63, 3.8) is 0 Å². The summed E-state index contributed by atoms with van der Waals surface area (Å²) in [6.07, 6.45) is 0.839. The van der Waals surface area contributed by atoms with Crippen molar-refractivity contribution in [1.82, 2.24) is 0 Å². The number of carbonyl (C=O) groups is 1. The van der Waals surface area contributed by atoms with Gasteiger partial charge in [0.2, 0.25) is 6.54 Å². The second-order valence-corrected chi connectivity index (χ2v) is 4.49. The lowest BCUT2D eigenvalue weighted by atomic mass is 9.80. The molecule has 92 valence electrons. The molecule has 0 N–H and O–H groups in total. The van der Waals surface area contributed by atoms with Crippen LogP contribution >= 0.6 is 0 Å². The number of hydrogen-bond donors (Lipinski definition) is 0. The molecule has 0 aliphatic carbocycles. The van der Waals surface area contributed by atoms with E-state index in [0.717, 1.165) is 11.8 Å². The monoisotopic (exact) mass is 235 g/mol. The van der Waals surface area contributed by atoms with Gasteiger partial charge in [-0.2, -0.15) is 0 Å². The van der Waals surface area contributed by atoms with E-state index in [0.29, 0.717) is 0 Å². The number of carbonyl (C=O) groups excluding carboxylic acids is 1. The molecule has 0 spiro atoms. The van der Waals surface area contributed by atoms with Crippen molar-refractivity contribution in [2.24, 2.45) is 11.8 Å². The third-order valence-corrected chi connectivity index (χ3v) is 2.97. The summed E-state index contributed by atoms with van der Waals surface area (Å²) < 4.78 is 0. The van der Waals surface area contributed by atoms with Crippen LogP contribution in [0.4, 0.5) is 0 Å². The molecule has 0 amide bonds. The normalized spacial score (nSPS) is 14.3. The van der Waals surface area contributed by atoms with Crippen LogP contribution in [-0.2, 0) is 4.79 Å². The van der Waals surface area contributed by atoms with Gasteiger partial charge in [-0.25, -0.2) is 0 Å². The summed E-state index contributed by atoms with van der Waals surface area (Å²) in [4.78, 5) is 21.5. The molecule has 1 aromatic rings. The first-order valence-electron chi connectivity index (χ1n) is 5.68. The molecule has 17 heavy (non-hydrogen) atoms. The maximum atomic E-state index is 11.1. The molecule has 0 aliphatic rings. The van der Waals surface area contributed by atoms with Crippen molar-refractivity contribution in [3.05, 3.63) is 46.0 Å². The first-order chi connectivity index (χ1) is 8.06. The number of nitro groups is 1. The van der Waals surface area contributed by atoms with Gasteiger partial charge in [-0.15, -0.1) is 0 Å². The number of hydrogen-bond acceptors (Lipinski definition) is 3. The van der Waals surface area contributed by atoms with E-state index in [-0.39, 0.29) is 29.2 Å². The highest BCUT2D eigenvalue weighted by atomic mass is 16.6. The van der Waals surface area contributed by atoms with Crippen LogP contribution in [0.3, 0.4) is 0 Å². The van der Waals surface area contributed by atoms with Gasteiger partial charge in [0.1, 0.15) is 6.29 Å². The first kappa shape index (κ1) is 13.4. The van der Waals surface area contributed by atoms with Crippen LogP contribution in [0.15, 0.2) is 30.3 Å². The lowest BCUT2D eigenvalue weighted by Gasteiger charge is -2.22. The first-order valence-corrected chi connectivity index (χ1v) is 5.68. The minimum Gasteiger partial charge on any atom is -0.303 e. The summed E-state index contributed by atoms with van der Waals surface area (Å²) in [6.45, 7) is 3.62. The standard InChI is InChI=1S/C13H17NO3/c1-10(2)13(9-15)12(8-14(16)17)11-6-4-3-5-7-11/h3-7,9-10,12-13H,8H2,1-2H3/t12?,13-/m0/s1. The summed E-state index contributed by atoms with van der Waals surface area (Å²) in [5.41, 5.74) is 0.856. The van der Waals surface area contributed by atoms with Gasteiger partial charge in [-0.3, -0.25) is 10.1 Å². The fourth-order valence-corrected chi connectivity index (χ4v) is 2.03. The average Bonchev–Trinajstić information content (AvgIpc) is 2.29. The summed E-state index contributed by atoms with van der Waals surface area (Å²) in [6, 6.07) is 9.22. The van der Waals surface area contributed by atoms with Crippen molar-refractivity contribution in [2.45, 2.75) is 19.8 Å². The van der Waals surface area contributed by atoms with Crippen LogP contribution in [0.2, 0.25) is 0 Å². The molecule has 1 unspecified atom stereocenters. The molecular weight excluding hydrogens is 218 g/mol. The fraction of sp³-hybridized carbons (Fsp3) is 0.462. The van der Waals surface area contributed by atoms with Gasteiger partial charge in [-0.05, 0) is 11.5 Å². The largest absolute Gasteiger partial charge is 0.303 e. The van der Waals surface area contributed by atoms with E-state index in [2.05, 4.69) is 0 Å². The van der Waals surface area contributed by atoms with Crippen molar-refractivity contribution >= 4 is 6.29 Å². The topological polar surface area (TPSA) is 60.2 Å². The molecule has 0 saturated heterocycles.